The minimum atomic E-state index is 0.266. The molecule has 1 aromatic rings. The highest BCUT2D eigenvalue weighted by Crippen LogP contribution is 2.24. The van der Waals surface area contributed by atoms with E-state index in [1.807, 2.05) is 19.1 Å². The number of phenolic OH excluding ortho intramolecular Hbond substituents is 1. The summed E-state index contributed by atoms with van der Waals surface area (Å²) in [6.45, 7) is 6.19. The van der Waals surface area contributed by atoms with Gasteiger partial charge in [0.1, 0.15) is 5.75 Å². The molecule has 0 amide bonds. The maximum absolute atomic E-state index is 9.57. The third-order valence-corrected chi connectivity index (χ3v) is 1.85. The predicted molar refractivity (Wildman–Crippen MR) is 53.8 cm³/mol. The van der Waals surface area contributed by atoms with Crippen LogP contribution in [0.5, 0.6) is 5.75 Å². The van der Waals surface area contributed by atoms with Crippen molar-refractivity contribution in [2.24, 2.45) is 0 Å². The smallest absolute Gasteiger partial charge is 0.123 e. The fourth-order valence-electron chi connectivity index (χ4n) is 1.19. The summed E-state index contributed by atoms with van der Waals surface area (Å²) in [5, 5.41) is 9.57. The molecule has 0 atom stereocenters. The van der Waals surface area contributed by atoms with Gasteiger partial charge in [-0.05, 0) is 24.1 Å². The van der Waals surface area contributed by atoms with Gasteiger partial charge >= 0.3 is 0 Å². The fourth-order valence-corrected chi connectivity index (χ4v) is 1.19. The van der Waals surface area contributed by atoms with Crippen LogP contribution in [0.25, 0.3) is 5.57 Å². The standard InChI is InChI=1S/C11H14O2/c1-8-4-5-10(11(12)6-8)9(2)7-13-3/h4-6,12H,2,7H2,1,3H3. The minimum Gasteiger partial charge on any atom is -0.507 e. The Hall–Kier alpha value is -1.28. The highest BCUT2D eigenvalue weighted by Gasteiger charge is 2.04. The molecule has 0 bridgehead atoms. The van der Waals surface area contributed by atoms with Crippen LogP contribution >= 0.6 is 0 Å². The van der Waals surface area contributed by atoms with Crippen LogP contribution in [0.15, 0.2) is 24.8 Å². The lowest BCUT2D eigenvalue weighted by Crippen LogP contribution is -1.93. The summed E-state index contributed by atoms with van der Waals surface area (Å²) in [5.74, 6) is 0.266. The zero-order valence-corrected chi connectivity index (χ0v) is 8.00. The zero-order valence-electron chi connectivity index (χ0n) is 8.00. The van der Waals surface area contributed by atoms with E-state index in [1.165, 1.54) is 0 Å². The lowest BCUT2D eigenvalue weighted by Gasteiger charge is -2.07. The second kappa shape index (κ2) is 4.10. The van der Waals surface area contributed by atoms with E-state index < -0.39 is 0 Å². The summed E-state index contributed by atoms with van der Waals surface area (Å²) in [7, 11) is 1.61. The first-order valence-corrected chi connectivity index (χ1v) is 4.12. The molecule has 1 N–H and O–H groups in total. The molecule has 0 aliphatic heterocycles. The highest BCUT2D eigenvalue weighted by molar-refractivity contribution is 5.69. The molecule has 0 radical (unpaired) electrons. The van der Waals surface area contributed by atoms with Crippen LogP contribution in [0.3, 0.4) is 0 Å². The first-order valence-electron chi connectivity index (χ1n) is 4.12. The van der Waals surface area contributed by atoms with Crippen LogP contribution in [-0.4, -0.2) is 18.8 Å². The second-order valence-corrected chi connectivity index (χ2v) is 3.06. The van der Waals surface area contributed by atoms with E-state index in [2.05, 4.69) is 6.58 Å². The molecule has 1 aromatic carbocycles. The number of phenols is 1. The van der Waals surface area contributed by atoms with Gasteiger partial charge in [0, 0.05) is 12.7 Å². The zero-order chi connectivity index (χ0) is 9.84. The highest BCUT2D eigenvalue weighted by atomic mass is 16.5. The molecule has 0 unspecified atom stereocenters. The molecule has 2 heteroatoms. The Morgan fingerprint density at radius 3 is 2.77 bits per heavy atom. The number of ether oxygens (including phenoxy) is 1. The second-order valence-electron chi connectivity index (χ2n) is 3.06. The number of aromatic hydroxyl groups is 1. The van der Waals surface area contributed by atoms with E-state index >= 15 is 0 Å². The summed E-state index contributed by atoms with van der Waals surface area (Å²) in [5.41, 5.74) is 2.58. The Kier molecular flexibility index (Phi) is 3.09. The molecule has 13 heavy (non-hydrogen) atoms. The number of hydrogen-bond acceptors (Lipinski definition) is 2. The van der Waals surface area contributed by atoms with Crippen molar-refractivity contribution in [3.8, 4) is 5.75 Å². The van der Waals surface area contributed by atoms with E-state index in [0.717, 1.165) is 16.7 Å². The van der Waals surface area contributed by atoms with E-state index in [0.29, 0.717) is 6.61 Å². The van der Waals surface area contributed by atoms with Crippen molar-refractivity contribution < 1.29 is 9.84 Å². The Balaban J connectivity index is 2.95. The number of benzene rings is 1. The maximum atomic E-state index is 9.57. The lowest BCUT2D eigenvalue weighted by molar-refractivity contribution is 0.239. The molecule has 0 aliphatic carbocycles. The largest absolute Gasteiger partial charge is 0.507 e. The van der Waals surface area contributed by atoms with Crippen LogP contribution in [0, 0.1) is 6.92 Å². The van der Waals surface area contributed by atoms with Crippen molar-refractivity contribution in [1.29, 1.82) is 0 Å². The molecule has 0 heterocycles. The van der Waals surface area contributed by atoms with Crippen LogP contribution in [0.2, 0.25) is 0 Å². The summed E-state index contributed by atoms with van der Waals surface area (Å²) in [4.78, 5) is 0. The van der Waals surface area contributed by atoms with E-state index in [4.69, 9.17) is 4.74 Å². The third-order valence-electron chi connectivity index (χ3n) is 1.85. The third kappa shape index (κ3) is 2.33. The summed E-state index contributed by atoms with van der Waals surface area (Å²) >= 11 is 0. The average molecular weight is 178 g/mol. The molecular weight excluding hydrogens is 164 g/mol. The summed E-state index contributed by atoms with van der Waals surface area (Å²) in [6.07, 6.45) is 0. The quantitative estimate of drug-likeness (QED) is 0.769. The van der Waals surface area contributed by atoms with E-state index in [1.54, 1.807) is 13.2 Å². The van der Waals surface area contributed by atoms with Crippen molar-refractivity contribution in [2.75, 3.05) is 13.7 Å². The Labute approximate surface area is 78.5 Å². The summed E-state index contributed by atoms with van der Waals surface area (Å²) in [6, 6.07) is 5.51. The van der Waals surface area contributed by atoms with Crippen molar-refractivity contribution in [2.45, 2.75) is 6.92 Å². The summed E-state index contributed by atoms with van der Waals surface area (Å²) < 4.78 is 4.93. The van der Waals surface area contributed by atoms with E-state index in [-0.39, 0.29) is 5.75 Å². The monoisotopic (exact) mass is 178 g/mol. The topological polar surface area (TPSA) is 29.5 Å². The van der Waals surface area contributed by atoms with Gasteiger partial charge in [-0.3, -0.25) is 0 Å². The van der Waals surface area contributed by atoms with E-state index in [9.17, 15) is 5.11 Å². The van der Waals surface area contributed by atoms with Gasteiger partial charge in [0.25, 0.3) is 0 Å². The first-order chi connectivity index (χ1) is 6.15. The number of aryl methyl sites for hydroxylation is 1. The van der Waals surface area contributed by atoms with Gasteiger partial charge in [0.15, 0.2) is 0 Å². The molecular formula is C11H14O2. The van der Waals surface area contributed by atoms with Gasteiger partial charge in [-0.2, -0.15) is 0 Å². The van der Waals surface area contributed by atoms with Crippen molar-refractivity contribution in [3.63, 3.8) is 0 Å². The van der Waals surface area contributed by atoms with Crippen LogP contribution in [0.4, 0.5) is 0 Å². The Morgan fingerprint density at radius 2 is 2.23 bits per heavy atom. The molecule has 0 saturated heterocycles. The van der Waals surface area contributed by atoms with Gasteiger partial charge in [-0.25, -0.2) is 0 Å². The van der Waals surface area contributed by atoms with Crippen LogP contribution < -0.4 is 0 Å². The fraction of sp³-hybridized carbons (Fsp3) is 0.273. The van der Waals surface area contributed by atoms with Gasteiger partial charge in [0.05, 0.1) is 6.61 Å². The van der Waals surface area contributed by atoms with Crippen molar-refractivity contribution >= 4 is 5.57 Å². The maximum Gasteiger partial charge on any atom is 0.123 e. The molecule has 0 aromatic heterocycles. The molecule has 0 aliphatic rings. The predicted octanol–water partition coefficient (Wildman–Crippen LogP) is 2.36. The van der Waals surface area contributed by atoms with Crippen molar-refractivity contribution in [1.82, 2.24) is 0 Å². The molecule has 0 fully saturated rings. The normalized spacial score (nSPS) is 10.0. The number of rotatable bonds is 3. The average Bonchev–Trinajstić information content (AvgIpc) is 2.04. The number of hydrogen-bond donors (Lipinski definition) is 1. The first kappa shape index (κ1) is 9.81. The van der Waals surface area contributed by atoms with Crippen LogP contribution in [-0.2, 0) is 4.74 Å². The Bertz CT molecular complexity index is 316. The van der Waals surface area contributed by atoms with Crippen LogP contribution in [0.1, 0.15) is 11.1 Å². The van der Waals surface area contributed by atoms with Gasteiger partial charge in [-0.15, -0.1) is 0 Å². The lowest BCUT2D eigenvalue weighted by atomic mass is 10.1. The molecule has 2 nitrogen and oxygen atoms in total. The Morgan fingerprint density at radius 1 is 1.54 bits per heavy atom. The minimum absolute atomic E-state index is 0.266. The van der Waals surface area contributed by atoms with Gasteiger partial charge in [-0.1, -0.05) is 18.7 Å². The van der Waals surface area contributed by atoms with Crippen molar-refractivity contribution in [3.05, 3.63) is 35.9 Å². The SMILES string of the molecule is C=C(COC)c1ccc(C)cc1O. The van der Waals surface area contributed by atoms with Gasteiger partial charge in [0.2, 0.25) is 0 Å². The molecule has 0 saturated carbocycles. The molecule has 0 spiro atoms. The molecule has 70 valence electrons. The van der Waals surface area contributed by atoms with Gasteiger partial charge < -0.3 is 9.84 Å². The molecule has 1 rings (SSSR count). The number of methoxy groups -OCH3 is 1.